The lowest BCUT2D eigenvalue weighted by Crippen LogP contribution is -2.46. The summed E-state index contributed by atoms with van der Waals surface area (Å²) in [6, 6.07) is 0. The van der Waals surface area contributed by atoms with Crippen LogP contribution in [0.4, 0.5) is 0 Å². The molecule has 0 saturated heterocycles. The smallest absolute Gasteiger partial charge is 0.323 e. The van der Waals surface area contributed by atoms with Gasteiger partial charge < -0.3 is 58.7 Å². The quantitative estimate of drug-likeness (QED) is 0.0787. The molecule has 0 rings (SSSR count). The van der Waals surface area contributed by atoms with Crippen molar-refractivity contribution in [2.75, 3.05) is 40.3 Å². The predicted octanol–water partition coefficient (Wildman–Crippen LogP) is -2.93. The molecule has 0 heterocycles. The van der Waals surface area contributed by atoms with E-state index in [1.54, 1.807) is 0 Å². The second kappa shape index (κ2) is 12.5. The van der Waals surface area contributed by atoms with Crippen LogP contribution in [-0.2, 0) is 27.4 Å². The summed E-state index contributed by atoms with van der Waals surface area (Å²) in [6.07, 6.45) is 0. The fourth-order valence-corrected chi connectivity index (χ4v) is 11.7. The number of hydrogen-bond acceptors (Lipinski definition) is 9. The van der Waals surface area contributed by atoms with Gasteiger partial charge in [0, 0.05) is 26.2 Å². The van der Waals surface area contributed by atoms with Crippen LogP contribution in [0.25, 0.3) is 0 Å². The topological polar surface area (TPSA) is 355 Å². The van der Waals surface area contributed by atoms with E-state index in [1.165, 1.54) is 0 Å². The van der Waals surface area contributed by atoms with Crippen LogP contribution in [0, 0.1) is 0 Å². The first-order chi connectivity index (χ1) is 15.5. The zero-order valence-corrected chi connectivity index (χ0v) is 23.8. The third-order valence-corrected chi connectivity index (χ3v) is 15.7. The number of rotatable bonds is 15. The lowest BCUT2D eigenvalue weighted by atomic mass is 10.4. The van der Waals surface area contributed by atoms with Gasteiger partial charge in [-0.3, -0.25) is 42.1 Å². The first-order valence-electron chi connectivity index (χ1n) is 8.98. The van der Waals surface area contributed by atoms with E-state index in [0.29, 0.717) is 14.7 Å². The lowest BCUT2D eigenvalue weighted by Gasteiger charge is -2.36. The Balaban J connectivity index is 6.24. The van der Waals surface area contributed by atoms with E-state index in [0.717, 1.165) is 14.1 Å². The molecule has 0 amide bonds. The van der Waals surface area contributed by atoms with Crippen LogP contribution >= 0.6 is 45.6 Å². The third kappa shape index (κ3) is 11.5. The fraction of sp³-hybridized carbons (Fsp3) is 1.00. The Hall–Kier alpha value is 0.780. The normalized spacial score (nSPS) is 15.3. The molecule has 0 fully saturated rings. The third-order valence-electron chi connectivity index (χ3n) is 4.40. The van der Waals surface area contributed by atoms with E-state index < -0.39 is 88.3 Å². The molecule has 0 aliphatic heterocycles. The van der Waals surface area contributed by atoms with Gasteiger partial charge in [0.2, 0.25) is 16.6 Å². The molecule has 0 aliphatic rings. The van der Waals surface area contributed by atoms with E-state index in [2.05, 4.69) is 0 Å². The van der Waals surface area contributed by atoms with Crippen LogP contribution in [0.15, 0.2) is 0 Å². The molecule has 36 heavy (non-hydrogen) atoms. The molecule has 0 radical (unpaired) electrons. The Kier molecular flexibility index (Phi) is 12.8. The molecule has 21 nitrogen and oxygen atoms in total. The van der Waals surface area contributed by atoms with Gasteiger partial charge >= 0.3 is 45.6 Å². The highest BCUT2D eigenvalue weighted by Gasteiger charge is 2.50. The standard InChI is InChI=1S/C9H29N3O18P6/c1-10(7(31(13,14)15)32(16,17)18)3-5-12(9(35(25,26)27)36(28,29)30)6-4-11(2)8(33(19,20)21)34(22,23)24/h7-9H,3-6H2,1-2H3,(H2,13,14,15)(H2,16,17,18)(H2,19,20,21)(H2,22,23,24)(H2,25,26,27)(H2,28,29,30). The molecule has 0 aromatic rings. The van der Waals surface area contributed by atoms with Crippen LogP contribution < -0.4 is 0 Å². The summed E-state index contributed by atoms with van der Waals surface area (Å²) < 4.78 is 69.9. The molecule has 27 heteroatoms. The molecule has 12 N–H and O–H groups in total. The summed E-state index contributed by atoms with van der Waals surface area (Å²) in [5.74, 6) is 0. The van der Waals surface area contributed by atoms with Crippen molar-refractivity contribution < 1.29 is 86.1 Å². The van der Waals surface area contributed by atoms with Gasteiger partial charge in [-0.15, -0.1) is 0 Å². The minimum atomic E-state index is -5.74. The number of likely N-dealkylation sites (N-methyl/N-ethyl adjacent to an activating group) is 2. The van der Waals surface area contributed by atoms with Crippen molar-refractivity contribution >= 4 is 45.6 Å². The Morgan fingerprint density at radius 1 is 0.417 bits per heavy atom. The Morgan fingerprint density at radius 3 is 0.778 bits per heavy atom. The van der Waals surface area contributed by atoms with Gasteiger partial charge in [0.15, 0.2) is 0 Å². The van der Waals surface area contributed by atoms with Gasteiger partial charge in [-0.05, 0) is 14.1 Å². The van der Waals surface area contributed by atoms with Crippen molar-refractivity contribution in [3.63, 3.8) is 0 Å². The van der Waals surface area contributed by atoms with Gasteiger partial charge in [0.05, 0.1) is 0 Å². The van der Waals surface area contributed by atoms with E-state index in [9.17, 15) is 86.1 Å². The zero-order valence-electron chi connectivity index (χ0n) is 18.4. The fourth-order valence-electron chi connectivity index (χ4n) is 3.19. The summed E-state index contributed by atoms with van der Waals surface area (Å²) in [7, 11) is -32.0. The average Bonchev–Trinajstić information content (AvgIpc) is 2.48. The van der Waals surface area contributed by atoms with E-state index in [1.807, 2.05) is 0 Å². The molecule has 0 aromatic heterocycles. The number of hydrogen-bond donors (Lipinski definition) is 12. The SMILES string of the molecule is CN(CCN(CCN(C)C(P(=O)(O)O)P(=O)(O)O)C(P(=O)(O)O)P(=O)(O)O)C(P(=O)(O)O)P(=O)(O)O. The first-order valence-corrected chi connectivity index (χ1v) is 19.1. The van der Waals surface area contributed by atoms with Gasteiger partial charge in [0.25, 0.3) is 0 Å². The predicted molar refractivity (Wildman–Crippen MR) is 120 cm³/mol. The highest BCUT2D eigenvalue weighted by molar-refractivity contribution is 7.71. The lowest BCUT2D eigenvalue weighted by molar-refractivity contribution is 0.168. The molecule has 0 spiro atoms. The van der Waals surface area contributed by atoms with E-state index in [4.69, 9.17) is 0 Å². The summed E-state index contributed by atoms with van der Waals surface area (Å²) >= 11 is 0. The summed E-state index contributed by atoms with van der Waals surface area (Å²) in [4.78, 5) is 113. The second-order valence-electron chi connectivity index (χ2n) is 7.57. The Morgan fingerprint density at radius 2 is 0.611 bits per heavy atom. The molecular weight excluding hydrogens is 624 g/mol. The number of nitrogens with zero attached hydrogens (tertiary/aromatic N) is 3. The van der Waals surface area contributed by atoms with Crippen LogP contribution in [0.5, 0.6) is 0 Å². The van der Waals surface area contributed by atoms with E-state index >= 15 is 0 Å². The molecule has 0 bridgehead atoms. The Bertz CT molecular complexity index is 909. The van der Waals surface area contributed by atoms with E-state index in [-0.39, 0.29) is 0 Å². The largest absolute Gasteiger partial charge is 0.354 e. The summed E-state index contributed by atoms with van der Waals surface area (Å²) in [6.45, 7) is -3.69. The maximum absolute atomic E-state index is 11.8. The zero-order chi connectivity index (χ0) is 29.3. The van der Waals surface area contributed by atoms with Gasteiger partial charge in [0.1, 0.15) is 0 Å². The second-order valence-corrected chi connectivity index (χ2v) is 18.8. The monoisotopic (exact) mass is 653 g/mol. The highest BCUT2D eigenvalue weighted by Crippen LogP contribution is 2.63. The summed E-state index contributed by atoms with van der Waals surface area (Å²) in [5, 5.41) is 0. The van der Waals surface area contributed by atoms with Crippen molar-refractivity contribution in [2.24, 2.45) is 0 Å². The van der Waals surface area contributed by atoms with Gasteiger partial charge in [-0.1, -0.05) is 0 Å². The van der Waals surface area contributed by atoms with Crippen LogP contribution in [0.3, 0.4) is 0 Å². The molecule has 0 atom stereocenters. The van der Waals surface area contributed by atoms with Crippen LogP contribution in [0.2, 0.25) is 0 Å². The van der Waals surface area contributed by atoms with Crippen molar-refractivity contribution in [2.45, 2.75) is 16.6 Å². The maximum atomic E-state index is 11.8. The van der Waals surface area contributed by atoms with Gasteiger partial charge in [-0.25, -0.2) is 0 Å². The van der Waals surface area contributed by atoms with Crippen molar-refractivity contribution in [1.29, 1.82) is 0 Å². The maximum Gasteiger partial charge on any atom is 0.354 e. The average molecular weight is 653 g/mol. The van der Waals surface area contributed by atoms with Crippen molar-refractivity contribution in [1.82, 2.24) is 14.7 Å². The van der Waals surface area contributed by atoms with Crippen LogP contribution in [0.1, 0.15) is 0 Å². The molecule has 0 unspecified atom stereocenters. The summed E-state index contributed by atoms with van der Waals surface area (Å²) in [5.41, 5.74) is -8.43. The molecule has 0 saturated carbocycles. The minimum Gasteiger partial charge on any atom is -0.323 e. The molecule has 0 aliphatic carbocycles. The Labute approximate surface area is 203 Å². The minimum absolute atomic E-state index is 0.293. The molecular formula is C9H29N3O18P6. The van der Waals surface area contributed by atoms with Crippen LogP contribution in [-0.4, -0.2) is 130 Å². The molecule has 0 aromatic carbocycles. The highest BCUT2D eigenvalue weighted by atomic mass is 31.2. The van der Waals surface area contributed by atoms with Gasteiger partial charge in [-0.2, -0.15) is 0 Å². The van der Waals surface area contributed by atoms with Crippen molar-refractivity contribution in [3.8, 4) is 0 Å². The first kappa shape index (κ1) is 36.8. The van der Waals surface area contributed by atoms with Crippen molar-refractivity contribution in [3.05, 3.63) is 0 Å². The molecule has 218 valence electrons.